The van der Waals surface area contributed by atoms with Gasteiger partial charge in [-0.2, -0.15) is 0 Å². The molecule has 1 unspecified atom stereocenters. The van der Waals surface area contributed by atoms with E-state index in [9.17, 15) is 0 Å². The molecule has 0 spiro atoms. The molecule has 2 heterocycles. The molecule has 0 aromatic rings. The second-order valence-corrected chi connectivity index (χ2v) is 4.33. The first-order valence-corrected chi connectivity index (χ1v) is 5.52. The third kappa shape index (κ3) is 2.80. The van der Waals surface area contributed by atoms with Gasteiger partial charge in [-0.3, -0.25) is 0 Å². The minimum absolute atomic E-state index is 0.683. The van der Waals surface area contributed by atoms with Crippen LogP contribution in [0.25, 0.3) is 0 Å². The van der Waals surface area contributed by atoms with Crippen LogP contribution in [0.5, 0.6) is 0 Å². The summed E-state index contributed by atoms with van der Waals surface area (Å²) < 4.78 is 5.40. The molecule has 0 bridgehead atoms. The molecule has 2 rings (SSSR count). The maximum absolute atomic E-state index is 5.40. The standard InChI is InChI=1S/C11H20N2O/c1-13-5-4-11(8-13)12-7-10-3-2-6-14-9-10/h3,11-12H,2,4-9H2,1H3. The lowest BCUT2D eigenvalue weighted by Gasteiger charge is -2.17. The van der Waals surface area contributed by atoms with Crippen molar-refractivity contribution in [2.24, 2.45) is 0 Å². The first-order valence-electron chi connectivity index (χ1n) is 5.52. The summed E-state index contributed by atoms with van der Waals surface area (Å²) in [5.41, 5.74) is 1.42. The van der Waals surface area contributed by atoms with Gasteiger partial charge in [-0.25, -0.2) is 0 Å². The second kappa shape index (κ2) is 4.91. The van der Waals surface area contributed by atoms with E-state index >= 15 is 0 Å². The molecule has 0 aromatic heterocycles. The van der Waals surface area contributed by atoms with Crippen LogP contribution in [0.4, 0.5) is 0 Å². The number of likely N-dealkylation sites (tertiary alicyclic amines) is 1. The fraction of sp³-hybridized carbons (Fsp3) is 0.818. The zero-order valence-electron chi connectivity index (χ0n) is 8.96. The zero-order chi connectivity index (χ0) is 9.80. The Morgan fingerprint density at radius 1 is 1.64 bits per heavy atom. The van der Waals surface area contributed by atoms with Gasteiger partial charge in [0.05, 0.1) is 13.2 Å². The Morgan fingerprint density at radius 2 is 2.57 bits per heavy atom. The highest BCUT2D eigenvalue weighted by molar-refractivity contribution is 5.07. The minimum atomic E-state index is 0.683. The van der Waals surface area contributed by atoms with Crippen molar-refractivity contribution in [3.63, 3.8) is 0 Å². The third-order valence-electron chi connectivity index (χ3n) is 2.99. The number of hydrogen-bond donors (Lipinski definition) is 1. The molecule has 1 fully saturated rings. The quantitative estimate of drug-likeness (QED) is 0.670. The highest BCUT2D eigenvalue weighted by atomic mass is 16.5. The number of likely N-dealkylation sites (N-methyl/N-ethyl adjacent to an activating group) is 1. The first kappa shape index (κ1) is 10.1. The first-order chi connectivity index (χ1) is 6.84. The second-order valence-electron chi connectivity index (χ2n) is 4.33. The Labute approximate surface area is 86.1 Å². The van der Waals surface area contributed by atoms with Crippen molar-refractivity contribution in [2.45, 2.75) is 18.9 Å². The van der Waals surface area contributed by atoms with Crippen molar-refractivity contribution >= 4 is 0 Å². The van der Waals surface area contributed by atoms with E-state index in [-0.39, 0.29) is 0 Å². The predicted molar refractivity (Wildman–Crippen MR) is 57.4 cm³/mol. The molecule has 80 valence electrons. The van der Waals surface area contributed by atoms with E-state index in [4.69, 9.17) is 4.74 Å². The van der Waals surface area contributed by atoms with Gasteiger partial charge in [0.15, 0.2) is 0 Å². The molecule has 1 saturated heterocycles. The number of hydrogen-bond acceptors (Lipinski definition) is 3. The molecule has 0 saturated carbocycles. The van der Waals surface area contributed by atoms with Crippen LogP contribution >= 0.6 is 0 Å². The molecule has 1 atom stereocenters. The zero-order valence-corrected chi connectivity index (χ0v) is 8.96. The summed E-state index contributed by atoms with van der Waals surface area (Å²) in [6.45, 7) is 5.16. The van der Waals surface area contributed by atoms with E-state index < -0.39 is 0 Å². The average molecular weight is 196 g/mol. The van der Waals surface area contributed by atoms with Crippen molar-refractivity contribution in [1.82, 2.24) is 10.2 Å². The molecule has 2 aliphatic rings. The Bertz CT molecular complexity index is 215. The van der Waals surface area contributed by atoms with Crippen molar-refractivity contribution in [3.05, 3.63) is 11.6 Å². The molecule has 1 N–H and O–H groups in total. The monoisotopic (exact) mass is 196 g/mol. The minimum Gasteiger partial charge on any atom is -0.377 e. The van der Waals surface area contributed by atoms with Gasteiger partial charge >= 0.3 is 0 Å². The summed E-state index contributed by atoms with van der Waals surface area (Å²) in [6, 6.07) is 0.683. The van der Waals surface area contributed by atoms with Crippen LogP contribution in [-0.4, -0.2) is 50.8 Å². The van der Waals surface area contributed by atoms with Crippen molar-refractivity contribution in [1.29, 1.82) is 0 Å². The fourth-order valence-electron chi connectivity index (χ4n) is 2.11. The van der Waals surface area contributed by atoms with Gasteiger partial charge < -0.3 is 15.0 Å². The van der Waals surface area contributed by atoms with Crippen LogP contribution < -0.4 is 5.32 Å². The summed E-state index contributed by atoms with van der Waals surface area (Å²) in [4.78, 5) is 2.38. The lowest BCUT2D eigenvalue weighted by atomic mass is 10.2. The van der Waals surface area contributed by atoms with E-state index in [1.807, 2.05) is 0 Å². The van der Waals surface area contributed by atoms with Gasteiger partial charge in [-0.05, 0) is 32.0 Å². The lowest BCUT2D eigenvalue weighted by molar-refractivity contribution is 0.148. The third-order valence-corrected chi connectivity index (χ3v) is 2.99. The van der Waals surface area contributed by atoms with Crippen molar-refractivity contribution < 1.29 is 4.74 Å². The van der Waals surface area contributed by atoms with Gasteiger partial charge in [0.25, 0.3) is 0 Å². The maximum Gasteiger partial charge on any atom is 0.0689 e. The van der Waals surface area contributed by atoms with Crippen LogP contribution in [0.15, 0.2) is 11.6 Å². The highest BCUT2D eigenvalue weighted by Gasteiger charge is 2.18. The van der Waals surface area contributed by atoms with E-state index in [1.165, 1.54) is 25.1 Å². The van der Waals surface area contributed by atoms with E-state index in [0.29, 0.717) is 6.04 Å². The summed E-state index contributed by atoms with van der Waals surface area (Å²) in [6.07, 6.45) is 4.68. The molecule has 0 radical (unpaired) electrons. The largest absolute Gasteiger partial charge is 0.377 e. The Hall–Kier alpha value is -0.380. The summed E-state index contributed by atoms with van der Waals surface area (Å²) in [5.74, 6) is 0. The summed E-state index contributed by atoms with van der Waals surface area (Å²) >= 11 is 0. The molecule has 14 heavy (non-hydrogen) atoms. The van der Waals surface area contributed by atoms with Crippen molar-refractivity contribution in [3.8, 4) is 0 Å². The SMILES string of the molecule is CN1CCC(NCC2=CCCOC2)C1. The van der Waals surface area contributed by atoms with E-state index in [2.05, 4.69) is 23.3 Å². The Kier molecular flexibility index (Phi) is 3.56. The Morgan fingerprint density at radius 3 is 3.21 bits per heavy atom. The predicted octanol–water partition coefficient (Wildman–Crippen LogP) is 0.627. The van der Waals surface area contributed by atoms with E-state index in [0.717, 1.165) is 26.2 Å². The van der Waals surface area contributed by atoms with Crippen LogP contribution in [0.3, 0.4) is 0 Å². The van der Waals surface area contributed by atoms with Crippen LogP contribution in [0, 0.1) is 0 Å². The maximum atomic E-state index is 5.40. The summed E-state index contributed by atoms with van der Waals surface area (Å²) in [7, 11) is 2.19. The number of nitrogens with zero attached hydrogens (tertiary/aromatic N) is 1. The fourth-order valence-corrected chi connectivity index (χ4v) is 2.11. The lowest BCUT2D eigenvalue weighted by Crippen LogP contribution is -2.34. The molecular weight excluding hydrogens is 176 g/mol. The molecule has 2 aliphatic heterocycles. The smallest absolute Gasteiger partial charge is 0.0689 e. The molecular formula is C11H20N2O. The molecule has 3 heteroatoms. The van der Waals surface area contributed by atoms with Crippen LogP contribution in [0.2, 0.25) is 0 Å². The molecule has 0 aliphatic carbocycles. The van der Waals surface area contributed by atoms with E-state index in [1.54, 1.807) is 0 Å². The average Bonchev–Trinajstić information content (AvgIpc) is 2.63. The highest BCUT2D eigenvalue weighted by Crippen LogP contribution is 2.08. The molecule has 3 nitrogen and oxygen atoms in total. The van der Waals surface area contributed by atoms with Gasteiger partial charge in [-0.15, -0.1) is 0 Å². The van der Waals surface area contributed by atoms with Crippen LogP contribution in [-0.2, 0) is 4.74 Å². The number of ether oxygens (including phenoxy) is 1. The van der Waals surface area contributed by atoms with Crippen LogP contribution in [0.1, 0.15) is 12.8 Å². The molecule has 0 aromatic carbocycles. The number of nitrogens with one attached hydrogen (secondary N) is 1. The van der Waals surface area contributed by atoms with Gasteiger partial charge in [0, 0.05) is 19.1 Å². The van der Waals surface area contributed by atoms with Gasteiger partial charge in [0.1, 0.15) is 0 Å². The Balaban J connectivity index is 1.69. The normalized spacial score (nSPS) is 29.2. The molecule has 0 amide bonds. The van der Waals surface area contributed by atoms with Gasteiger partial charge in [0.2, 0.25) is 0 Å². The van der Waals surface area contributed by atoms with Gasteiger partial charge in [-0.1, -0.05) is 6.08 Å². The number of rotatable bonds is 3. The van der Waals surface area contributed by atoms with Crippen molar-refractivity contribution in [2.75, 3.05) is 39.9 Å². The summed E-state index contributed by atoms with van der Waals surface area (Å²) in [5, 5.41) is 3.59. The topological polar surface area (TPSA) is 24.5 Å².